The predicted molar refractivity (Wildman–Crippen MR) is 152 cm³/mol. The summed E-state index contributed by atoms with van der Waals surface area (Å²) >= 11 is 0. The van der Waals surface area contributed by atoms with Crippen LogP contribution in [-0.2, 0) is 14.8 Å². The Morgan fingerprint density at radius 2 is 1.81 bits per heavy atom. The van der Waals surface area contributed by atoms with E-state index in [-0.39, 0.29) is 25.6 Å². The van der Waals surface area contributed by atoms with Gasteiger partial charge in [0.25, 0.3) is 0 Å². The molecule has 0 aliphatic carbocycles. The molecule has 2 aromatic heterocycles. The summed E-state index contributed by atoms with van der Waals surface area (Å²) in [7, 11) is -2.95. The second kappa shape index (κ2) is 11.4. The number of nitrogens with one attached hydrogen (secondary N) is 1. The van der Waals surface area contributed by atoms with Crippen molar-refractivity contribution in [1.29, 1.82) is 0 Å². The van der Waals surface area contributed by atoms with Crippen LogP contribution in [0, 0.1) is 0 Å². The van der Waals surface area contributed by atoms with Crippen molar-refractivity contribution < 1.29 is 30.7 Å². The molecule has 2 atom stereocenters. The number of likely N-dealkylation sites (N-methyl/N-ethyl adjacent to an activating group) is 1. The van der Waals surface area contributed by atoms with Gasteiger partial charge >= 0.3 is 15.5 Å². The lowest BCUT2D eigenvalue weighted by atomic mass is 9.94. The molecule has 0 bridgehead atoms. The van der Waals surface area contributed by atoms with Crippen molar-refractivity contribution in [2.24, 2.45) is 0 Å². The van der Waals surface area contributed by atoms with Gasteiger partial charge in [-0.3, -0.25) is 0 Å². The number of benzene rings is 1. The molecule has 0 amide bonds. The van der Waals surface area contributed by atoms with Gasteiger partial charge in [0.15, 0.2) is 0 Å². The molecular formula is C27H33F4N7O3S. The highest BCUT2D eigenvalue weighted by atomic mass is 32.2. The molecule has 10 nitrogen and oxygen atoms in total. The molecule has 2 fully saturated rings. The predicted octanol–water partition coefficient (Wildman–Crippen LogP) is 4.43. The first kappa shape index (κ1) is 30.2. The van der Waals surface area contributed by atoms with Crippen LogP contribution in [0.1, 0.15) is 31.7 Å². The third-order valence-corrected chi connectivity index (χ3v) is 9.53. The van der Waals surface area contributed by atoms with E-state index in [2.05, 4.69) is 34.1 Å². The largest absolute Gasteiger partial charge is 0.511 e. The lowest BCUT2D eigenvalue weighted by Gasteiger charge is -2.45. The molecule has 4 heterocycles. The van der Waals surface area contributed by atoms with E-state index in [1.807, 2.05) is 23.1 Å². The number of sulfonamides is 1. The van der Waals surface area contributed by atoms with Gasteiger partial charge < -0.3 is 19.9 Å². The second-order valence-corrected chi connectivity index (χ2v) is 12.9. The molecular weight excluding hydrogens is 578 g/mol. The Bertz CT molecular complexity index is 1550. The molecule has 2 unspecified atom stereocenters. The van der Waals surface area contributed by atoms with Crippen LogP contribution in [-0.4, -0.2) is 91.8 Å². The molecule has 0 spiro atoms. The van der Waals surface area contributed by atoms with Crippen molar-refractivity contribution in [1.82, 2.24) is 19.3 Å². The smallest absolute Gasteiger partial charge is 0.378 e. The number of piperidine rings is 1. The number of methoxy groups -OCH3 is 1. The van der Waals surface area contributed by atoms with Gasteiger partial charge in [-0.1, -0.05) is 19.9 Å². The van der Waals surface area contributed by atoms with Crippen LogP contribution in [0.2, 0.25) is 0 Å². The maximum Gasteiger partial charge on any atom is 0.511 e. The van der Waals surface area contributed by atoms with Gasteiger partial charge in [0.1, 0.15) is 17.8 Å². The van der Waals surface area contributed by atoms with Crippen LogP contribution in [0.4, 0.5) is 40.8 Å². The van der Waals surface area contributed by atoms with Crippen molar-refractivity contribution in [3.8, 4) is 0 Å². The molecule has 1 aromatic carbocycles. The molecule has 2 aliphatic rings. The summed E-state index contributed by atoms with van der Waals surface area (Å²) in [4.78, 5) is 17.1. The summed E-state index contributed by atoms with van der Waals surface area (Å²) in [6.45, 7) is 5.04. The molecule has 1 N–H and O–H groups in total. The van der Waals surface area contributed by atoms with Crippen molar-refractivity contribution in [3.63, 3.8) is 0 Å². The summed E-state index contributed by atoms with van der Waals surface area (Å²) in [6.07, 6.45) is 2.21. The molecule has 2 aliphatic heterocycles. The minimum Gasteiger partial charge on any atom is -0.378 e. The van der Waals surface area contributed by atoms with Crippen LogP contribution >= 0.6 is 0 Å². The molecule has 15 heteroatoms. The number of rotatable bonds is 8. The first-order valence-electron chi connectivity index (χ1n) is 13.5. The minimum atomic E-state index is -5.41. The number of alkyl halides is 4. The molecule has 228 valence electrons. The van der Waals surface area contributed by atoms with Gasteiger partial charge in [-0.15, -0.1) is 0 Å². The van der Waals surface area contributed by atoms with Crippen LogP contribution in [0.5, 0.6) is 0 Å². The lowest BCUT2D eigenvalue weighted by Crippen LogP contribution is -2.61. The highest BCUT2D eigenvalue weighted by Gasteiger charge is 2.52. The average molecular weight is 612 g/mol. The van der Waals surface area contributed by atoms with Gasteiger partial charge in [0, 0.05) is 57.3 Å². The Morgan fingerprint density at radius 3 is 2.45 bits per heavy atom. The molecule has 42 heavy (non-hydrogen) atoms. The molecule has 2 saturated heterocycles. The maximum atomic E-state index is 14.4. The number of halogens is 4. The number of fused-ring (bicyclic) bond motifs is 1. The topological polar surface area (TPSA) is 104 Å². The fraction of sp³-hybridized carbons (Fsp3) is 0.519. The van der Waals surface area contributed by atoms with Gasteiger partial charge in [0.2, 0.25) is 5.95 Å². The molecule has 0 radical (unpaired) electrons. The number of hydrogen-bond acceptors (Lipinski definition) is 9. The van der Waals surface area contributed by atoms with E-state index in [1.165, 1.54) is 7.11 Å². The molecule has 3 aromatic rings. The van der Waals surface area contributed by atoms with Crippen LogP contribution in [0.15, 0.2) is 36.7 Å². The first-order valence-corrected chi connectivity index (χ1v) is 15.0. The van der Waals surface area contributed by atoms with E-state index in [4.69, 9.17) is 4.74 Å². The third kappa shape index (κ3) is 5.69. The lowest BCUT2D eigenvalue weighted by molar-refractivity contribution is -0.0495. The van der Waals surface area contributed by atoms with E-state index < -0.39 is 33.8 Å². The third-order valence-electron chi connectivity index (χ3n) is 7.89. The van der Waals surface area contributed by atoms with E-state index in [1.54, 1.807) is 23.4 Å². The Balaban J connectivity index is 1.37. The fourth-order valence-electron chi connectivity index (χ4n) is 5.37. The number of aromatic nitrogens is 3. The van der Waals surface area contributed by atoms with Gasteiger partial charge in [-0.05, 0) is 41.5 Å². The SMILES string of the molecule is COC1CCN(c2nccc(Nc3cc4c(C(C)C)ccc(N5CC(N(C)S(=O)(=O)C(F)(F)F)C5)c4cn3)n2)CC1F. The fourth-order valence-corrected chi connectivity index (χ4v) is 6.22. The number of nitrogens with zero attached hydrogens (tertiary/aromatic N) is 6. The van der Waals surface area contributed by atoms with Crippen molar-refractivity contribution >= 4 is 44.1 Å². The van der Waals surface area contributed by atoms with E-state index >= 15 is 0 Å². The molecule has 0 saturated carbocycles. The number of ether oxygens (including phenoxy) is 1. The van der Waals surface area contributed by atoms with Crippen LogP contribution in [0.3, 0.4) is 0 Å². The Morgan fingerprint density at radius 1 is 1.07 bits per heavy atom. The Kier molecular flexibility index (Phi) is 8.20. The van der Waals surface area contributed by atoms with Crippen molar-refractivity contribution in [2.45, 2.75) is 50.0 Å². The second-order valence-electron chi connectivity index (χ2n) is 10.9. The molecule has 5 rings (SSSR count). The summed E-state index contributed by atoms with van der Waals surface area (Å²) in [5, 5.41) is 4.90. The summed E-state index contributed by atoms with van der Waals surface area (Å²) in [6, 6.07) is 6.63. The Hall–Kier alpha value is -3.30. The zero-order valence-electron chi connectivity index (χ0n) is 23.6. The standard InChI is InChI=1S/C27H33F4N7O3S/c1-16(2)18-5-6-22(38-13-17(14-38)36(3)42(39,40)27(29,30)31)20-12-33-25(11-19(18)20)34-24-7-9-32-26(35-24)37-10-8-23(41-4)21(28)15-37/h5-7,9,11-12,16-17,21,23H,8,10,13-15H2,1-4H3,(H,32,33,34,35). The van der Waals surface area contributed by atoms with Crippen LogP contribution in [0.25, 0.3) is 10.8 Å². The highest BCUT2D eigenvalue weighted by molar-refractivity contribution is 7.90. The first-order chi connectivity index (χ1) is 19.8. The summed E-state index contributed by atoms with van der Waals surface area (Å²) < 4.78 is 82.8. The summed E-state index contributed by atoms with van der Waals surface area (Å²) in [5.74, 6) is 1.56. The Labute approximate surface area is 241 Å². The zero-order valence-corrected chi connectivity index (χ0v) is 24.5. The number of pyridine rings is 1. The minimum absolute atomic E-state index is 0.118. The monoisotopic (exact) mass is 611 g/mol. The number of hydrogen-bond donors (Lipinski definition) is 1. The highest BCUT2D eigenvalue weighted by Crippen LogP contribution is 2.38. The van der Waals surface area contributed by atoms with Gasteiger partial charge in [0.05, 0.1) is 18.7 Å². The normalized spacial score (nSPS) is 20.4. The van der Waals surface area contributed by atoms with E-state index in [9.17, 15) is 26.0 Å². The summed E-state index contributed by atoms with van der Waals surface area (Å²) in [5.41, 5.74) is -3.54. The van der Waals surface area contributed by atoms with Crippen molar-refractivity contribution in [2.75, 3.05) is 55.5 Å². The van der Waals surface area contributed by atoms with E-state index in [0.717, 1.165) is 29.1 Å². The quantitative estimate of drug-likeness (QED) is 0.371. The van der Waals surface area contributed by atoms with Crippen molar-refractivity contribution in [3.05, 3.63) is 42.2 Å². The van der Waals surface area contributed by atoms with Gasteiger partial charge in [-0.2, -0.15) is 22.5 Å². The van der Waals surface area contributed by atoms with Gasteiger partial charge in [-0.25, -0.2) is 22.8 Å². The number of anilines is 4. The maximum absolute atomic E-state index is 14.4. The average Bonchev–Trinajstić information content (AvgIpc) is 2.91. The van der Waals surface area contributed by atoms with E-state index in [0.29, 0.717) is 34.9 Å². The van der Waals surface area contributed by atoms with Crippen LogP contribution < -0.4 is 15.1 Å². The zero-order chi connectivity index (χ0) is 30.4.